The van der Waals surface area contributed by atoms with Crippen molar-refractivity contribution in [1.29, 1.82) is 0 Å². The summed E-state index contributed by atoms with van der Waals surface area (Å²) in [6, 6.07) is 0. The smallest absolute Gasteiger partial charge is 1.00 e. The third-order valence-electron chi connectivity index (χ3n) is 0.993. The zero-order chi connectivity index (χ0) is 7.07. The molecule has 7 heteroatoms. The molecule has 0 bridgehead atoms. The number of phosphoric acid groups is 1. The van der Waals surface area contributed by atoms with Gasteiger partial charge in [0.1, 0.15) is 11.5 Å². The van der Waals surface area contributed by atoms with E-state index in [1.54, 1.807) is 0 Å². The molecule has 0 aliphatic carbocycles. The van der Waals surface area contributed by atoms with E-state index >= 15 is 0 Å². The maximum atomic E-state index is 10.4. The Morgan fingerprint density at radius 3 is 1.64 bits per heavy atom. The fourth-order valence-corrected chi connectivity index (χ4v) is 1.45. The first-order valence-electron chi connectivity index (χ1n) is 2.39. The van der Waals surface area contributed by atoms with E-state index in [0.29, 0.717) is 11.5 Å². The molecule has 60 valence electrons. The Morgan fingerprint density at radius 2 is 1.55 bits per heavy atom. The van der Waals surface area contributed by atoms with E-state index in [1.165, 1.54) is 13.8 Å². The molecule has 0 N–H and O–H groups in total. The third kappa shape index (κ3) is 3.80. The molecule has 0 radical (unpaired) electrons. The molecule has 1 aliphatic heterocycles. The van der Waals surface area contributed by atoms with Gasteiger partial charge in [-0.1, -0.05) is 0 Å². The number of phosphoric ester groups is 1. The van der Waals surface area contributed by atoms with Crippen LogP contribution in [0, 0.1) is 0 Å². The van der Waals surface area contributed by atoms with Crippen LogP contribution in [0.1, 0.15) is 13.8 Å². The third-order valence-corrected chi connectivity index (χ3v) is 1.99. The van der Waals surface area contributed by atoms with Crippen molar-refractivity contribution in [3.63, 3.8) is 0 Å². The number of halogens is 1. The van der Waals surface area contributed by atoms with E-state index in [1.807, 2.05) is 0 Å². The van der Waals surface area contributed by atoms with Crippen LogP contribution in [0.5, 0.6) is 0 Å². The molecule has 0 saturated carbocycles. The number of allylic oxidation sites excluding steroid dienone is 2. The van der Waals surface area contributed by atoms with E-state index < -0.39 is 7.82 Å². The molecule has 0 aromatic carbocycles. The van der Waals surface area contributed by atoms with Crippen LogP contribution in [0.15, 0.2) is 11.5 Å². The van der Waals surface area contributed by atoms with Crippen LogP contribution in [0.4, 0.5) is 0 Å². The van der Waals surface area contributed by atoms with Crippen molar-refractivity contribution in [2.45, 2.75) is 13.8 Å². The second-order valence-corrected chi connectivity index (χ2v) is 3.00. The molecular weight excluding hydrogens is 247 g/mol. The molecule has 0 saturated heterocycles. The number of rotatable bonds is 0. The van der Waals surface area contributed by atoms with Crippen molar-refractivity contribution < 1.29 is 35.5 Å². The Kier molecular flexibility index (Phi) is 6.14. The summed E-state index contributed by atoms with van der Waals surface area (Å²) in [5.41, 5.74) is 0. The van der Waals surface area contributed by atoms with E-state index in [2.05, 4.69) is 9.05 Å². The molecular formula is C4H6BrMgO4P. The van der Waals surface area contributed by atoms with Crippen LogP contribution in [-0.2, 0) is 13.6 Å². The maximum absolute atomic E-state index is 10.4. The topological polar surface area (TPSA) is 58.6 Å². The van der Waals surface area contributed by atoms with Gasteiger partial charge in [0.25, 0.3) is 0 Å². The quantitative estimate of drug-likeness (QED) is 0.350. The Hall–Kier alpha value is 0.776. The van der Waals surface area contributed by atoms with Crippen LogP contribution in [0.3, 0.4) is 0 Å². The first-order valence-corrected chi connectivity index (χ1v) is 3.85. The summed E-state index contributed by atoms with van der Waals surface area (Å²) in [7, 11) is -3.98. The largest absolute Gasteiger partial charge is 2.00 e. The van der Waals surface area contributed by atoms with Gasteiger partial charge in [0.15, 0.2) is 0 Å². The van der Waals surface area contributed by atoms with Crippen LogP contribution in [-0.4, -0.2) is 23.1 Å². The standard InChI is InChI=1S/C4H7O4P.BrH.Mg/c1-3-4(2)8-9(5,6)7-3;;/h1-2H3,(H,5,6);1H;/q;;+2/p-2. The van der Waals surface area contributed by atoms with Gasteiger partial charge < -0.3 is 30.9 Å². The molecule has 11 heavy (non-hydrogen) atoms. The van der Waals surface area contributed by atoms with E-state index in [-0.39, 0.29) is 40.0 Å². The van der Waals surface area contributed by atoms with Crippen molar-refractivity contribution >= 4 is 30.9 Å². The molecule has 1 heterocycles. The SMILES string of the molecule is CC1=C(C)OP(=O)([O-])O1.[Br-].[Mg+2]. The maximum Gasteiger partial charge on any atom is 2.00 e. The van der Waals surface area contributed by atoms with Gasteiger partial charge in [0, 0.05) is 0 Å². The Morgan fingerprint density at radius 1 is 1.27 bits per heavy atom. The minimum Gasteiger partial charge on any atom is -1.00 e. The zero-order valence-corrected chi connectivity index (χ0v) is 10.1. The van der Waals surface area contributed by atoms with Gasteiger partial charge in [-0.2, -0.15) is 0 Å². The number of hydrogen-bond acceptors (Lipinski definition) is 4. The minimum absolute atomic E-state index is 0. The summed E-state index contributed by atoms with van der Waals surface area (Å²) in [6.45, 7) is 3.07. The molecule has 0 amide bonds. The van der Waals surface area contributed by atoms with Crippen molar-refractivity contribution in [3.8, 4) is 0 Å². The van der Waals surface area contributed by atoms with Crippen molar-refractivity contribution in [2.24, 2.45) is 0 Å². The summed E-state index contributed by atoms with van der Waals surface area (Å²) in [5.74, 6) is 0.627. The fraction of sp³-hybridized carbons (Fsp3) is 0.500. The summed E-state index contributed by atoms with van der Waals surface area (Å²) in [5, 5.41) is 0. The second-order valence-electron chi connectivity index (χ2n) is 1.74. The van der Waals surface area contributed by atoms with Gasteiger partial charge in [-0.15, -0.1) is 0 Å². The summed E-state index contributed by atoms with van der Waals surface area (Å²) in [6.07, 6.45) is 0. The Bertz CT molecular complexity index is 198. The molecule has 0 atom stereocenters. The minimum atomic E-state index is -3.98. The monoisotopic (exact) mass is 252 g/mol. The van der Waals surface area contributed by atoms with Gasteiger partial charge in [-0.25, -0.2) is 4.57 Å². The molecule has 0 spiro atoms. The normalized spacial score (nSPS) is 19.2. The van der Waals surface area contributed by atoms with Crippen LogP contribution < -0.4 is 21.9 Å². The van der Waals surface area contributed by atoms with Crippen molar-refractivity contribution in [3.05, 3.63) is 11.5 Å². The molecule has 0 aromatic heterocycles. The van der Waals surface area contributed by atoms with Gasteiger partial charge in [0.05, 0.1) is 0 Å². The van der Waals surface area contributed by atoms with Crippen LogP contribution in [0.2, 0.25) is 0 Å². The summed E-state index contributed by atoms with van der Waals surface area (Å²) >= 11 is 0. The van der Waals surface area contributed by atoms with Crippen LogP contribution in [0.25, 0.3) is 0 Å². The number of hydrogen-bond donors (Lipinski definition) is 0. The van der Waals surface area contributed by atoms with E-state index in [0.717, 1.165) is 0 Å². The predicted molar refractivity (Wildman–Crippen MR) is 33.9 cm³/mol. The molecule has 4 nitrogen and oxygen atoms in total. The molecule has 0 fully saturated rings. The average molecular weight is 253 g/mol. The van der Waals surface area contributed by atoms with Gasteiger partial charge in [-0.3, -0.25) is 0 Å². The van der Waals surface area contributed by atoms with Crippen molar-refractivity contribution in [1.82, 2.24) is 0 Å². The average Bonchev–Trinajstić information content (AvgIpc) is 1.79. The summed E-state index contributed by atoms with van der Waals surface area (Å²) < 4.78 is 19.0. The Balaban J connectivity index is 0. The van der Waals surface area contributed by atoms with Gasteiger partial charge >= 0.3 is 30.9 Å². The van der Waals surface area contributed by atoms with Gasteiger partial charge in [-0.05, 0) is 13.8 Å². The molecule has 0 unspecified atom stereocenters. The first kappa shape index (κ1) is 14.3. The van der Waals surface area contributed by atoms with Gasteiger partial charge in [0.2, 0.25) is 0 Å². The van der Waals surface area contributed by atoms with E-state index in [9.17, 15) is 9.46 Å². The van der Waals surface area contributed by atoms with Crippen molar-refractivity contribution in [2.75, 3.05) is 0 Å². The fourth-order valence-electron chi connectivity index (χ4n) is 0.483. The molecule has 1 aliphatic rings. The summed E-state index contributed by atoms with van der Waals surface area (Å²) in [4.78, 5) is 10.4. The predicted octanol–water partition coefficient (Wildman–Crippen LogP) is -2.62. The second kappa shape index (κ2) is 4.72. The molecule has 1 rings (SSSR count). The van der Waals surface area contributed by atoms with E-state index in [4.69, 9.17) is 0 Å². The van der Waals surface area contributed by atoms with Crippen LogP contribution >= 0.6 is 7.82 Å². The zero-order valence-electron chi connectivity index (χ0n) is 6.17. The Labute approximate surface area is 91.5 Å². The first-order chi connectivity index (χ1) is 4.01. The molecule has 0 aromatic rings.